The number of rotatable bonds is 4. The molecule has 7 heteroatoms. The summed E-state index contributed by atoms with van der Waals surface area (Å²) in [5, 5.41) is 9.48. The van der Waals surface area contributed by atoms with Crippen LogP contribution in [0, 0.1) is 5.82 Å². The maximum absolute atomic E-state index is 13.7. The largest absolute Gasteiger partial charge is 0.474 e. The number of halogens is 1. The highest BCUT2D eigenvalue weighted by Crippen LogP contribution is 2.36. The van der Waals surface area contributed by atoms with Gasteiger partial charge in [0.2, 0.25) is 5.88 Å². The number of ether oxygens (including phenoxy) is 2. The first kappa shape index (κ1) is 18.6. The summed E-state index contributed by atoms with van der Waals surface area (Å²) in [6.45, 7) is 6.73. The van der Waals surface area contributed by atoms with Gasteiger partial charge in [-0.05, 0) is 38.8 Å². The molecule has 6 nitrogen and oxygen atoms in total. The highest BCUT2D eigenvalue weighted by molar-refractivity contribution is 5.70. The molecule has 1 N–H and O–H groups in total. The Bertz CT molecular complexity index is 708. The van der Waals surface area contributed by atoms with Gasteiger partial charge in [0, 0.05) is 30.0 Å². The second-order valence-electron chi connectivity index (χ2n) is 7.75. The van der Waals surface area contributed by atoms with Gasteiger partial charge in [-0.3, -0.25) is 0 Å². The van der Waals surface area contributed by atoms with Crippen LogP contribution in [0.1, 0.15) is 45.6 Å². The zero-order valence-corrected chi connectivity index (χ0v) is 15.4. The molecule has 1 aliphatic heterocycles. The van der Waals surface area contributed by atoms with Gasteiger partial charge in [0.25, 0.3) is 0 Å². The molecule has 0 saturated heterocycles. The fourth-order valence-corrected chi connectivity index (χ4v) is 3.52. The molecule has 1 fully saturated rings. The third-order valence-electron chi connectivity index (χ3n) is 4.77. The molecule has 2 heterocycles. The molecule has 3 rings (SSSR count). The second-order valence-corrected chi connectivity index (χ2v) is 7.75. The molecule has 1 amide bonds. The molecule has 0 atom stereocenters. The zero-order chi connectivity index (χ0) is 18.9. The molecular formula is C19H25FN2O4. The molecule has 1 aromatic heterocycles. The Balaban J connectivity index is 1.70. The van der Waals surface area contributed by atoms with Crippen LogP contribution in [0.15, 0.2) is 18.3 Å². The number of hydrogen-bond donors (Lipinski definition) is 1. The molecule has 0 spiro atoms. The van der Waals surface area contributed by atoms with Crippen LogP contribution in [-0.4, -0.2) is 52.0 Å². The molecule has 2 aliphatic rings. The van der Waals surface area contributed by atoms with Gasteiger partial charge in [0.1, 0.15) is 11.9 Å². The minimum atomic E-state index is -0.922. The zero-order valence-electron chi connectivity index (χ0n) is 15.4. The van der Waals surface area contributed by atoms with E-state index in [1.165, 1.54) is 11.0 Å². The lowest BCUT2D eigenvalue weighted by atomic mass is 9.85. The van der Waals surface area contributed by atoms with E-state index < -0.39 is 17.4 Å². The van der Waals surface area contributed by atoms with Crippen molar-refractivity contribution in [3.05, 3.63) is 29.7 Å². The first-order valence-corrected chi connectivity index (χ1v) is 8.87. The number of amides is 1. The number of aromatic nitrogens is 1. The SMILES string of the molecule is CC(C)(C)N(C(=O)O)[C@H]1C[C@H](Oc2ncc(F)cc2C2=CCOCC2)C1. The Hall–Kier alpha value is -2.15. The lowest BCUT2D eigenvalue weighted by Gasteiger charge is -2.47. The van der Waals surface area contributed by atoms with E-state index in [9.17, 15) is 14.3 Å². The molecule has 142 valence electrons. The summed E-state index contributed by atoms with van der Waals surface area (Å²) in [5.41, 5.74) is 1.16. The van der Waals surface area contributed by atoms with E-state index in [0.29, 0.717) is 43.9 Å². The Morgan fingerprint density at radius 3 is 2.73 bits per heavy atom. The van der Waals surface area contributed by atoms with E-state index in [-0.39, 0.29) is 12.1 Å². The summed E-state index contributed by atoms with van der Waals surface area (Å²) in [5.74, 6) is -0.00311. The predicted octanol–water partition coefficient (Wildman–Crippen LogP) is 3.71. The summed E-state index contributed by atoms with van der Waals surface area (Å²) in [6, 6.07) is 1.36. The first-order valence-electron chi connectivity index (χ1n) is 8.87. The van der Waals surface area contributed by atoms with Gasteiger partial charge in [0.05, 0.1) is 19.4 Å². The predicted molar refractivity (Wildman–Crippen MR) is 94.7 cm³/mol. The average molecular weight is 364 g/mol. The highest BCUT2D eigenvalue weighted by Gasteiger charge is 2.42. The summed E-state index contributed by atoms with van der Waals surface area (Å²) in [7, 11) is 0. The van der Waals surface area contributed by atoms with Gasteiger partial charge in [-0.2, -0.15) is 0 Å². The number of hydrogen-bond acceptors (Lipinski definition) is 4. The lowest BCUT2D eigenvalue weighted by molar-refractivity contribution is -0.0150. The first-order chi connectivity index (χ1) is 12.3. The van der Waals surface area contributed by atoms with Crippen LogP contribution in [0.2, 0.25) is 0 Å². The smallest absolute Gasteiger partial charge is 0.407 e. The molecule has 0 unspecified atom stereocenters. The van der Waals surface area contributed by atoms with Gasteiger partial charge in [0.15, 0.2) is 0 Å². The Morgan fingerprint density at radius 2 is 2.15 bits per heavy atom. The van der Waals surface area contributed by atoms with Crippen LogP contribution in [0.25, 0.3) is 5.57 Å². The summed E-state index contributed by atoms with van der Waals surface area (Å²) in [6.07, 6.45) is 3.91. The molecule has 26 heavy (non-hydrogen) atoms. The maximum atomic E-state index is 13.7. The van der Waals surface area contributed by atoms with E-state index in [1.54, 1.807) is 0 Å². The average Bonchev–Trinajstić information content (AvgIpc) is 2.53. The quantitative estimate of drug-likeness (QED) is 0.882. The standard InChI is InChI=1S/C19H25FN2O4/c1-19(2,3)22(18(23)24)14-9-15(10-14)26-17-16(8-13(20)11-21-17)12-4-6-25-7-5-12/h4,8,11,14-15H,5-7,9-10H2,1-3H3,(H,23,24)/t14-,15-. The van der Waals surface area contributed by atoms with Crippen molar-refractivity contribution in [1.82, 2.24) is 9.88 Å². The number of nitrogens with zero attached hydrogens (tertiary/aromatic N) is 2. The summed E-state index contributed by atoms with van der Waals surface area (Å²) < 4.78 is 25.0. The van der Waals surface area contributed by atoms with Crippen molar-refractivity contribution in [1.29, 1.82) is 0 Å². The highest BCUT2D eigenvalue weighted by atomic mass is 19.1. The third-order valence-corrected chi connectivity index (χ3v) is 4.77. The Labute approximate surface area is 152 Å². The molecule has 0 bridgehead atoms. The number of carbonyl (C=O) groups is 1. The minimum absolute atomic E-state index is 0.0799. The van der Waals surface area contributed by atoms with Crippen LogP contribution >= 0.6 is 0 Å². The minimum Gasteiger partial charge on any atom is -0.474 e. The van der Waals surface area contributed by atoms with Crippen molar-refractivity contribution in [3.63, 3.8) is 0 Å². The number of pyridine rings is 1. The molecule has 1 aliphatic carbocycles. The van der Waals surface area contributed by atoms with Crippen molar-refractivity contribution in [2.24, 2.45) is 0 Å². The van der Waals surface area contributed by atoms with Gasteiger partial charge in [-0.25, -0.2) is 14.2 Å². The van der Waals surface area contributed by atoms with Gasteiger partial charge < -0.3 is 19.5 Å². The second kappa shape index (κ2) is 7.23. The van der Waals surface area contributed by atoms with Crippen LogP contribution in [-0.2, 0) is 4.74 Å². The monoisotopic (exact) mass is 364 g/mol. The van der Waals surface area contributed by atoms with Crippen LogP contribution in [0.5, 0.6) is 5.88 Å². The summed E-state index contributed by atoms with van der Waals surface area (Å²) >= 11 is 0. The third kappa shape index (κ3) is 3.98. The van der Waals surface area contributed by atoms with Crippen LogP contribution in [0.3, 0.4) is 0 Å². The van der Waals surface area contributed by atoms with E-state index in [0.717, 1.165) is 11.8 Å². The Morgan fingerprint density at radius 1 is 1.42 bits per heavy atom. The maximum Gasteiger partial charge on any atom is 0.407 e. The molecule has 1 aromatic rings. The van der Waals surface area contributed by atoms with Gasteiger partial charge in [-0.15, -0.1) is 0 Å². The van der Waals surface area contributed by atoms with E-state index in [4.69, 9.17) is 9.47 Å². The van der Waals surface area contributed by atoms with E-state index in [2.05, 4.69) is 4.98 Å². The molecular weight excluding hydrogens is 339 g/mol. The molecule has 1 saturated carbocycles. The van der Waals surface area contributed by atoms with Crippen molar-refractivity contribution in [2.45, 2.75) is 57.7 Å². The van der Waals surface area contributed by atoms with Crippen molar-refractivity contribution < 1.29 is 23.8 Å². The topological polar surface area (TPSA) is 71.9 Å². The van der Waals surface area contributed by atoms with Crippen molar-refractivity contribution >= 4 is 11.7 Å². The van der Waals surface area contributed by atoms with Crippen LogP contribution in [0.4, 0.5) is 9.18 Å². The fraction of sp³-hybridized carbons (Fsp3) is 0.579. The van der Waals surface area contributed by atoms with E-state index >= 15 is 0 Å². The van der Waals surface area contributed by atoms with Gasteiger partial charge in [-0.1, -0.05) is 6.08 Å². The van der Waals surface area contributed by atoms with E-state index in [1.807, 2.05) is 26.8 Å². The Kier molecular flexibility index (Phi) is 5.18. The summed E-state index contributed by atoms with van der Waals surface area (Å²) in [4.78, 5) is 17.2. The number of carboxylic acid groups (broad SMARTS) is 1. The molecule has 0 radical (unpaired) electrons. The lowest BCUT2D eigenvalue weighted by Crippen LogP contribution is -2.58. The fourth-order valence-electron chi connectivity index (χ4n) is 3.52. The van der Waals surface area contributed by atoms with Gasteiger partial charge >= 0.3 is 6.09 Å². The van der Waals surface area contributed by atoms with Crippen molar-refractivity contribution in [3.8, 4) is 5.88 Å². The van der Waals surface area contributed by atoms with Crippen LogP contribution < -0.4 is 4.74 Å². The normalized spacial score (nSPS) is 23.0. The van der Waals surface area contributed by atoms with Crippen molar-refractivity contribution in [2.75, 3.05) is 13.2 Å². The molecule has 0 aromatic carbocycles.